The number of amides is 1. The quantitative estimate of drug-likeness (QED) is 0.776. The Kier molecular flexibility index (Phi) is 5.94. The normalized spacial score (nSPS) is 22.5. The van der Waals surface area contributed by atoms with Crippen molar-refractivity contribution < 1.29 is 4.79 Å². The van der Waals surface area contributed by atoms with Gasteiger partial charge in [-0.05, 0) is 75.9 Å². The number of aromatic nitrogens is 4. The summed E-state index contributed by atoms with van der Waals surface area (Å²) in [4.78, 5) is 19.1. The third-order valence-electron chi connectivity index (χ3n) is 6.36. The number of rotatable bonds is 5. The van der Waals surface area contributed by atoms with E-state index in [2.05, 4.69) is 20.3 Å². The van der Waals surface area contributed by atoms with Crippen molar-refractivity contribution in [3.05, 3.63) is 29.8 Å². The van der Waals surface area contributed by atoms with Gasteiger partial charge >= 0.3 is 0 Å². The van der Waals surface area contributed by atoms with Crippen molar-refractivity contribution in [2.45, 2.75) is 58.0 Å². The van der Waals surface area contributed by atoms with Crippen LogP contribution in [-0.2, 0) is 0 Å². The van der Waals surface area contributed by atoms with Gasteiger partial charge in [0.1, 0.15) is 0 Å². The number of piperidine rings is 2. The lowest BCUT2D eigenvalue weighted by molar-refractivity contribution is 0.0403. The van der Waals surface area contributed by atoms with E-state index in [0.717, 1.165) is 12.1 Å². The van der Waals surface area contributed by atoms with Crippen molar-refractivity contribution in [2.24, 2.45) is 5.92 Å². The molecule has 2 atom stereocenters. The average molecular weight is 397 g/mol. The minimum atomic E-state index is 0.0864. The van der Waals surface area contributed by atoms with E-state index in [9.17, 15) is 4.79 Å². The van der Waals surface area contributed by atoms with Crippen LogP contribution in [0.5, 0.6) is 0 Å². The molecule has 7 heteroatoms. The molecule has 1 amide bonds. The van der Waals surface area contributed by atoms with E-state index in [1.54, 1.807) is 4.80 Å². The van der Waals surface area contributed by atoms with Gasteiger partial charge in [0.25, 0.3) is 5.91 Å². The molecule has 0 unspecified atom stereocenters. The fraction of sp³-hybridized carbons (Fsp3) is 0.636. The number of nitrogens with zero attached hydrogens (tertiary/aromatic N) is 6. The van der Waals surface area contributed by atoms with Crippen LogP contribution in [0.15, 0.2) is 24.3 Å². The Morgan fingerprint density at radius 3 is 2.62 bits per heavy atom. The first-order valence-electron chi connectivity index (χ1n) is 10.9. The zero-order chi connectivity index (χ0) is 20.4. The zero-order valence-electron chi connectivity index (χ0n) is 17.8. The lowest BCUT2D eigenvalue weighted by Gasteiger charge is -2.45. The molecular weight excluding hydrogens is 364 g/mol. The molecule has 4 rings (SSSR count). The Labute approximate surface area is 173 Å². The Morgan fingerprint density at radius 2 is 1.90 bits per heavy atom. The molecule has 2 saturated heterocycles. The Balaban J connectivity index is 1.40. The number of hydrogen-bond donors (Lipinski definition) is 0. The molecule has 2 aliphatic rings. The topological polar surface area (TPSA) is 67.2 Å². The average Bonchev–Trinajstić information content (AvgIpc) is 3.24. The van der Waals surface area contributed by atoms with Gasteiger partial charge in [-0.15, -0.1) is 10.2 Å². The number of carbonyl (C=O) groups is 1. The SMILES string of the molecule is CC(C)n1nnc(-c2ccc(C(=O)N(C)C[C@H]3CCCN4CCCC[C@@H]34)cc2)n1. The summed E-state index contributed by atoms with van der Waals surface area (Å²) in [5.41, 5.74) is 1.59. The summed E-state index contributed by atoms with van der Waals surface area (Å²) < 4.78 is 0. The largest absolute Gasteiger partial charge is 0.341 e. The Hall–Kier alpha value is -2.28. The maximum atomic E-state index is 13.0. The molecule has 2 aliphatic heterocycles. The fourth-order valence-corrected chi connectivity index (χ4v) is 4.77. The van der Waals surface area contributed by atoms with Gasteiger partial charge in [-0.1, -0.05) is 18.6 Å². The molecule has 0 saturated carbocycles. The smallest absolute Gasteiger partial charge is 0.253 e. The monoisotopic (exact) mass is 396 g/mol. The summed E-state index contributed by atoms with van der Waals surface area (Å²) in [7, 11) is 1.94. The molecule has 7 nitrogen and oxygen atoms in total. The first-order valence-corrected chi connectivity index (χ1v) is 10.9. The maximum Gasteiger partial charge on any atom is 0.253 e. The van der Waals surface area contributed by atoms with Gasteiger partial charge in [-0.3, -0.25) is 4.79 Å². The van der Waals surface area contributed by atoms with Gasteiger partial charge in [0.2, 0.25) is 5.82 Å². The molecule has 3 heterocycles. The molecular formula is C22H32N6O. The van der Waals surface area contributed by atoms with Crippen molar-refractivity contribution in [1.82, 2.24) is 30.0 Å². The van der Waals surface area contributed by atoms with Crippen LogP contribution in [-0.4, -0.2) is 68.6 Å². The highest BCUT2D eigenvalue weighted by molar-refractivity contribution is 5.94. The zero-order valence-corrected chi connectivity index (χ0v) is 17.8. The third-order valence-corrected chi connectivity index (χ3v) is 6.36. The Morgan fingerprint density at radius 1 is 1.14 bits per heavy atom. The lowest BCUT2D eigenvalue weighted by Crippen LogP contribution is -2.51. The highest BCUT2D eigenvalue weighted by atomic mass is 16.2. The van der Waals surface area contributed by atoms with E-state index >= 15 is 0 Å². The summed E-state index contributed by atoms with van der Waals surface area (Å²) >= 11 is 0. The molecule has 0 bridgehead atoms. The molecule has 0 spiro atoms. The van der Waals surface area contributed by atoms with E-state index in [4.69, 9.17) is 0 Å². The van der Waals surface area contributed by atoms with E-state index in [1.807, 2.05) is 50.1 Å². The van der Waals surface area contributed by atoms with Crippen molar-refractivity contribution in [2.75, 3.05) is 26.7 Å². The van der Waals surface area contributed by atoms with Crippen LogP contribution >= 0.6 is 0 Å². The molecule has 2 aromatic rings. The van der Waals surface area contributed by atoms with Crippen LogP contribution in [0.3, 0.4) is 0 Å². The van der Waals surface area contributed by atoms with Crippen molar-refractivity contribution in [1.29, 1.82) is 0 Å². The number of hydrogen-bond acceptors (Lipinski definition) is 5. The highest BCUT2D eigenvalue weighted by Gasteiger charge is 2.34. The fourth-order valence-electron chi connectivity index (χ4n) is 4.77. The van der Waals surface area contributed by atoms with Gasteiger partial charge in [-0.2, -0.15) is 4.80 Å². The van der Waals surface area contributed by atoms with Crippen molar-refractivity contribution in [3.8, 4) is 11.4 Å². The third kappa shape index (κ3) is 4.34. The predicted molar refractivity (Wildman–Crippen MR) is 113 cm³/mol. The molecule has 0 N–H and O–H groups in total. The van der Waals surface area contributed by atoms with E-state index < -0.39 is 0 Å². The molecule has 2 fully saturated rings. The van der Waals surface area contributed by atoms with Gasteiger partial charge in [0.05, 0.1) is 6.04 Å². The summed E-state index contributed by atoms with van der Waals surface area (Å²) in [5, 5.41) is 12.6. The van der Waals surface area contributed by atoms with E-state index in [-0.39, 0.29) is 11.9 Å². The van der Waals surface area contributed by atoms with Crippen molar-refractivity contribution >= 4 is 5.91 Å². The summed E-state index contributed by atoms with van der Waals surface area (Å²) in [6.07, 6.45) is 6.42. The second kappa shape index (κ2) is 8.61. The van der Waals surface area contributed by atoms with Crippen molar-refractivity contribution in [3.63, 3.8) is 0 Å². The second-order valence-electron chi connectivity index (χ2n) is 8.79. The summed E-state index contributed by atoms with van der Waals surface area (Å²) in [5.74, 6) is 1.27. The minimum Gasteiger partial charge on any atom is -0.341 e. The standard InChI is InChI=1S/C22H32N6O/c1-16(2)28-24-21(23-25-28)17-9-11-18(12-10-17)22(29)26(3)15-19-7-6-14-27-13-5-4-8-20(19)27/h9-12,16,19-20H,4-8,13-15H2,1-3H3/t19-,20+/m1/s1. The van der Waals surface area contributed by atoms with Crippen LogP contribution in [0.2, 0.25) is 0 Å². The molecule has 1 aromatic heterocycles. The maximum absolute atomic E-state index is 13.0. The molecule has 0 radical (unpaired) electrons. The molecule has 0 aliphatic carbocycles. The molecule has 29 heavy (non-hydrogen) atoms. The molecule has 1 aromatic carbocycles. The van der Waals surface area contributed by atoms with Gasteiger partial charge in [-0.25, -0.2) is 0 Å². The lowest BCUT2D eigenvalue weighted by atomic mass is 9.83. The van der Waals surface area contributed by atoms with Gasteiger partial charge < -0.3 is 9.80 Å². The number of benzene rings is 1. The minimum absolute atomic E-state index is 0.0864. The van der Waals surface area contributed by atoms with Crippen LogP contribution in [0.4, 0.5) is 0 Å². The van der Waals surface area contributed by atoms with Crippen LogP contribution < -0.4 is 0 Å². The first-order chi connectivity index (χ1) is 14.0. The number of carbonyl (C=O) groups excluding carboxylic acids is 1. The van der Waals surface area contributed by atoms with Gasteiger partial charge in [0, 0.05) is 30.8 Å². The number of tetrazole rings is 1. The summed E-state index contributed by atoms with van der Waals surface area (Å²) in [6, 6.07) is 8.39. The first kappa shape index (κ1) is 20.0. The second-order valence-corrected chi connectivity index (χ2v) is 8.79. The van der Waals surface area contributed by atoms with Gasteiger partial charge in [0.15, 0.2) is 0 Å². The highest BCUT2D eigenvalue weighted by Crippen LogP contribution is 2.31. The van der Waals surface area contributed by atoms with Crippen LogP contribution in [0, 0.1) is 5.92 Å². The predicted octanol–water partition coefficient (Wildman–Crippen LogP) is 3.26. The van der Waals surface area contributed by atoms with E-state index in [0.29, 0.717) is 23.3 Å². The number of fused-ring (bicyclic) bond motifs is 1. The summed E-state index contributed by atoms with van der Waals surface area (Å²) in [6.45, 7) is 7.33. The van der Waals surface area contributed by atoms with E-state index in [1.165, 1.54) is 45.2 Å². The van der Waals surface area contributed by atoms with Crippen LogP contribution in [0.25, 0.3) is 11.4 Å². The molecule has 156 valence electrons. The Bertz CT molecular complexity index is 828. The van der Waals surface area contributed by atoms with Crippen LogP contribution in [0.1, 0.15) is 62.4 Å².